The average Bonchev–Trinajstić information content (AvgIpc) is 2.74. The molecule has 2 aromatic rings. The van der Waals surface area contributed by atoms with Crippen LogP contribution < -0.4 is 0 Å². The number of amides is 1. The van der Waals surface area contributed by atoms with E-state index in [0.29, 0.717) is 13.2 Å². The molecule has 32 heavy (non-hydrogen) atoms. The third-order valence-electron chi connectivity index (χ3n) is 6.11. The summed E-state index contributed by atoms with van der Waals surface area (Å²) in [6, 6.07) is 19.8. The molecular formula is C27H39NO3Si. The lowest BCUT2D eigenvalue weighted by Crippen LogP contribution is -2.48. The Morgan fingerprint density at radius 3 is 2.09 bits per heavy atom. The molecule has 1 amide bonds. The van der Waals surface area contributed by atoms with Crippen LogP contribution in [0.25, 0.3) is 0 Å². The molecule has 2 rings (SSSR count). The van der Waals surface area contributed by atoms with Crippen molar-refractivity contribution in [3.63, 3.8) is 0 Å². The molecule has 2 aromatic carbocycles. The SMILES string of the molecule is C/C=C\[C@@H](O[Si](C)(C)C(C)(C)C)[C@@H](c1ccccc1)N(Cc1ccccc1)C(=O)OCC. The van der Waals surface area contributed by atoms with Crippen molar-refractivity contribution in [3.05, 3.63) is 83.9 Å². The Morgan fingerprint density at radius 1 is 1.03 bits per heavy atom. The molecule has 0 unspecified atom stereocenters. The normalized spacial score (nSPS) is 14.2. The fourth-order valence-electron chi connectivity index (χ4n) is 3.38. The molecule has 0 aliphatic rings. The smallest absolute Gasteiger partial charge is 0.410 e. The quantitative estimate of drug-likeness (QED) is 0.294. The van der Waals surface area contributed by atoms with Crippen molar-refractivity contribution >= 4 is 14.4 Å². The van der Waals surface area contributed by atoms with Gasteiger partial charge < -0.3 is 9.16 Å². The van der Waals surface area contributed by atoms with Gasteiger partial charge in [-0.3, -0.25) is 4.90 Å². The summed E-state index contributed by atoms with van der Waals surface area (Å²) in [6.07, 6.45) is 3.46. The van der Waals surface area contributed by atoms with E-state index >= 15 is 0 Å². The van der Waals surface area contributed by atoms with Crippen LogP contribution in [0.4, 0.5) is 4.79 Å². The first-order chi connectivity index (χ1) is 15.1. The van der Waals surface area contributed by atoms with Gasteiger partial charge in [-0.05, 0) is 43.1 Å². The summed E-state index contributed by atoms with van der Waals surface area (Å²) in [5, 5.41) is 0.0439. The molecule has 174 valence electrons. The van der Waals surface area contributed by atoms with Gasteiger partial charge in [0, 0.05) is 6.54 Å². The van der Waals surface area contributed by atoms with E-state index in [9.17, 15) is 4.79 Å². The van der Waals surface area contributed by atoms with Crippen molar-refractivity contribution in [2.24, 2.45) is 0 Å². The highest BCUT2D eigenvalue weighted by atomic mass is 28.4. The second kappa shape index (κ2) is 11.5. The monoisotopic (exact) mass is 453 g/mol. The zero-order valence-corrected chi connectivity index (χ0v) is 21.7. The molecule has 0 radical (unpaired) electrons. The minimum Gasteiger partial charge on any atom is -0.450 e. The predicted molar refractivity (Wildman–Crippen MR) is 135 cm³/mol. The van der Waals surface area contributed by atoms with Crippen LogP contribution in [-0.4, -0.2) is 32.0 Å². The van der Waals surface area contributed by atoms with E-state index < -0.39 is 8.32 Å². The molecule has 0 saturated carbocycles. The van der Waals surface area contributed by atoms with Crippen LogP contribution in [0.2, 0.25) is 18.1 Å². The van der Waals surface area contributed by atoms with Gasteiger partial charge in [-0.15, -0.1) is 0 Å². The van der Waals surface area contributed by atoms with Gasteiger partial charge >= 0.3 is 6.09 Å². The minimum atomic E-state index is -2.12. The predicted octanol–water partition coefficient (Wildman–Crippen LogP) is 7.35. The van der Waals surface area contributed by atoms with Crippen LogP contribution in [0, 0.1) is 0 Å². The zero-order chi connectivity index (χ0) is 23.8. The Labute approximate surface area is 195 Å². The van der Waals surface area contributed by atoms with E-state index in [0.717, 1.165) is 11.1 Å². The molecule has 0 fully saturated rings. The van der Waals surface area contributed by atoms with E-state index in [1.54, 1.807) is 0 Å². The number of ether oxygens (including phenoxy) is 1. The van der Waals surface area contributed by atoms with Gasteiger partial charge in [0.05, 0.1) is 18.8 Å². The summed E-state index contributed by atoms with van der Waals surface area (Å²) in [5.41, 5.74) is 2.08. The van der Waals surface area contributed by atoms with E-state index in [4.69, 9.17) is 9.16 Å². The van der Waals surface area contributed by atoms with Crippen molar-refractivity contribution in [2.45, 2.75) is 71.4 Å². The molecule has 0 bridgehead atoms. The second-order valence-corrected chi connectivity index (χ2v) is 14.3. The maximum Gasteiger partial charge on any atom is 0.410 e. The molecule has 0 aromatic heterocycles. The summed E-state index contributed by atoms with van der Waals surface area (Å²) in [6.45, 7) is 15.8. The van der Waals surface area contributed by atoms with E-state index in [2.05, 4.69) is 52.1 Å². The summed E-state index contributed by atoms with van der Waals surface area (Å²) in [5.74, 6) is 0. The van der Waals surface area contributed by atoms with Gasteiger partial charge in [-0.25, -0.2) is 4.79 Å². The van der Waals surface area contributed by atoms with Crippen molar-refractivity contribution in [2.75, 3.05) is 6.61 Å². The lowest BCUT2D eigenvalue weighted by atomic mass is 9.98. The van der Waals surface area contributed by atoms with Crippen molar-refractivity contribution in [1.29, 1.82) is 0 Å². The zero-order valence-electron chi connectivity index (χ0n) is 20.7. The Balaban J connectivity index is 2.59. The van der Waals surface area contributed by atoms with E-state index in [1.807, 2.05) is 73.4 Å². The molecule has 2 atom stereocenters. The first-order valence-corrected chi connectivity index (χ1v) is 14.3. The largest absolute Gasteiger partial charge is 0.450 e. The highest BCUT2D eigenvalue weighted by molar-refractivity contribution is 6.74. The molecule has 0 spiro atoms. The maximum atomic E-state index is 13.3. The molecule has 4 nitrogen and oxygen atoms in total. The van der Waals surface area contributed by atoms with Crippen LogP contribution in [0.1, 0.15) is 51.8 Å². The lowest BCUT2D eigenvalue weighted by Gasteiger charge is -2.43. The Bertz CT molecular complexity index is 859. The molecule has 0 saturated heterocycles. The third kappa shape index (κ3) is 6.81. The van der Waals surface area contributed by atoms with Gasteiger partial charge in [0.2, 0.25) is 0 Å². The number of benzene rings is 2. The fourth-order valence-corrected chi connectivity index (χ4v) is 4.62. The van der Waals surface area contributed by atoms with Crippen LogP contribution >= 0.6 is 0 Å². The first kappa shape index (κ1) is 25.9. The Morgan fingerprint density at radius 2 is 1.59 bits per heavy atom. The maximum absolute atomic E-state index is 13.3. The number of carbonyl (C=O) groups excluding carboxylic acids is 1. The van der Waals surface area contributed by atoms with Gasteiger partial charge in [-0.2, -0.15) is 0 Å². The summed E-state index contributed by atoms with van der Waals surface area (Å²) in [4.78, 5) is 15.1. The number of allylic oxidation sites excluding steroid dienone is 1. The molecule has 0 heterocycles. The van der Waals surface area contributed by atoms with Crippen LogP contribution in [-0.2, 0) is 15.7 Å². The molecule has 0 aliphatic heterocycles. The highest BCUT2D eigenvalue weighted by Gasteiger charge is 2.42. The van der Waals surface area contributed by atoms with Gasteiger partial charge in [0.25, 0.3) is 0 Å². The standard InChI is InChI=1S/C27H39NO3Si/c1-8-16-24(31-32(6,7)27(3,4)5)25(23-19-14-11-15-20-23)28(26(29)30-9-2)21-22-17-12-10-13-18-22/h8,10-20,24-25H,9,21H2,1-7H3/b16-8-/t24-,25-/m1/s1. The molecule has 5 heteroatoms. The van der Waals surface area contributed by atoms with Gasteiger partial charge in [0.1, 0.15) is 0 Å². The Kier molecular flexibility index (Phi) is 9.29. The average molecular weight is 454 g/mol. The highest BCUT2D eigenvalue weighted by Crippen LogP contribution is 2.40. The van der Waals surface area contributed by atoms with Crippen molar-refractivity contribution in [3.8, 4) is 0 Å². The van der Waals surface area contributed by atoms with E-state index in [-0.39, 0.29) is 23.3 Å². The number of carbonyl (C=O) groups is 1. The van der Waals surface area contributed by atoms with Crippen LogP contribution in [0.15, 0.2) is 72.8 Å². The van der Waals surface area contributed by atoms with Crippen LogP contribution in [0.5, 0.6) is 0 Å². The summed E-state index contributed by atoms with van der Waals surface area (Å²) < 4.78 is 12.4. The fraction of sp³-hybridized carbons (Fsp3) is 0.444. The van der Waals surface area contributed by atoms with Gasteiger partial charge in [-0.1, -0.05) is 93.6 Å². The summed E-state index contributed by atoms with van der Waals surface area (Å²) >= 11 is 0. The van der Waals surface area contributed by atoms with Crippen molar-refractivity contribution in [1.82, 2.24) is 4.90 Å². The Hall–Kier alpha value is -2.37. The van der Waals surface area contributed by atoms with E-state index in [1.165, 1.54) is 0 Å². The first-order valence-electron chi connectivity index (χ1n) is 11.4. The van der Waals surface area contributed by atoms with Crippen LogP contribution in [0.3, 0.4) is 0 Å². The lowest BCUT2D eigenvalue weighted by molar-refractivity contribution is 0.0513. The topological polar surface area (TPSA) is 38.8 Å². The number of nitrogens with zero attached hydrogens (tertiary/aromatic N) is 1. The molecular weight excluding hydrogens is 414 g/mol. The molecule has 0 aliphatic carbocycles. The van der Waals surface area contributed by atoms with Crippen molar-refractivity contribution < 1.29 is 14.0 Å². The number of hydrogen-bond donors (Lipinski definition) is 0. The molecule has 0 N–H and O–H groups in total. The summed E-state index contributed by atoms with van der Waals surface area (Å²) in [7, 11) is -2.12. The number of rotatable bonds is 9. The number of hydrogen-bond acceptors (Lipinski definition) is 3. The minimum absolute atomic E-state index is 0.0439. The third-order valence-corrected chi connectivity index (χ3v) is 10.6. The second-order valence-electron chi connectivity index (χ2n) is 9.54. The van der Waals surface area contributed by atoms with Gasteiger partial charge in [0.15, 0.2) is 8.32 Å².